The van der Waals surface area contributed by atoms with Crippen LogP contribution >= 0.6 is 0 Å². The Kier molecular flexibility index (Phi) is 1.73. The van der Waals surface area contributed by atoms with Gasteiger partial charge >= 0.3 is 0 Å². The summed E-state index contributed by atoms with van der Waals surface area (Å²) >= 11 is 0. The maximum Gasteiger partial charge on any atom is 0.297 e. The predicted octanol–water partition coefficient (Wildman–Crippen LogP) is 1.79. The lowest BCUT2D eigenvalue weighted by molar-refractivity contribution is -0.383. The third kappa shape index (κ3) is 1.06. The molecule has 0 atom stereocenters. The fourth-order valence-electron chi connectivity index (χ4n) is 1.46. The Morgan fingerprint density at radius 1 is 1.50 bits per heavy atom. The van der Waals surface area contributed by atoms with Crippen molar-refractivity contribution in [1.29, 1.82) is 0 Å². The molecule has 0 saturated heterocycles. The third-order valence-electron chi connectivity index (χ3n) is 2.31. The lowest BCUT2D eigenvalue weighted by atomic mass is 10.3. The molecule has 0 spiro atoms. The van der Waals surface area contributed by atoms with Gasteiger partial charge < -0.3 is 4.57 Å². The molecule has 0 amide bonds. The van der Waals surface area contributed by atoms with Crippen LogP contribution in [0.1, 0.15) is 5.82 Å². The highest BCUT2D eigenvalue weighted by molar-refractivity contribution is 5.85. The number of non-ortho nitro benzene ring substituents is 1. The Labute approximate surface area is 80.1 Å². The Hall–Kier alpha value is -1.91. The summed E-state index contributed by atoms with van der Waals surface area (Å²) in [4.78, 5) is 14.4. The average Bonchev–Trinajstić information content (AvgIpc) is 2.43. The highest BCUT2D eigenvalue weighted by Crippen LogP contribution is 2.24. The van der Waals surface area contributed by atoms with E-state index in [1.165, 1.54) is 6.07 Å². The van der Waals surface area contributed by atoms with E-state index in [0.717, 1.165) is 11.3 Å². The minimum atomic E-state index is -0.408. The van der Waals surface area contributed by atoms with Gasteiger partial charge in [0, 0.05) is 13.1 Å². The summed E-state index contributed by atoms with van der Waals surface area (Å²) in [5, 5.41) is 10.7. The second-order valence-corrected chi connectivity index (χ2v) is 3.12. The fraction of sp³-hybridized carbons (Fsp3) is 0.222. The van der Waals surface area contributed by atoms with Crippen molar-refractivity contribution in [2.75, 3.05) is 0 Å². The zero-order valence-corrected chi connectivity index (χ0v) is 7.89. The number of benzene rings is 1. The summed E-state index contributed by atoms with van der Waals surface area (Å²) in [6.45, 7) is 1.82. The molecular formula is C9H9N3O2. The van der Waals surface area contributed by atoms with Crippen LogP contribution < -0.4 is 0 Å². The number of rotatable bonds is 1. The molecule has 1 aromatic carbocycles. The van der Waals surface area contributed by atoms with E-state index in [1.54, 1.807) is 6.07 Å². The quantitative estimate of drug-likeness (QED) is 0.510. The van der Waals surface area contributed by atoms with Crippen LogP contribution in [0.2, 0.25) is 0 Å². The third-order valence-corrected chi connectivity index (χ3v) is 2.31. The Morgan fingerprint density at radius 3 is 2.86 bits per heavy atom. The molecule has 0 fully saturated rings. The van der Waals surface area contributed by atoms with E-state index in [1.807, 2.05) is 24.6 Å². The van der Waals surface area contributed by atoms with Gasteiger partial charge in [-0.05, 0) is 13.0 Å². The van der Waals surface area contributed by atoms with Gasteiger partial charge in [-0.15, -0.1) is 0 Å². The van der Waals surface area contributed by atoms with Gasteiger partial charge in [0.25, 0.3) is 5.69 Å². The van der Waals surface area contributed by atoms with Gasteiger partial charge in [-0.2, -0.15) is 0 Å². The first-order valence-electron chi connectivity index (χ1n) is 4.17. The van der Waals surface area contributed by atoms with Gasteiger partial charge in [-0.25, -0.2) is 4.98 Å². The van der Waals surface area contributed by atoms with Gasteiger partial charge in [-0.3, -0.25) is 10.1 Å². The van der Waals surface area contributed by atoms with Gasteiger partial charge in [0.15, 0.2) is 5.52 Å². The zero-order chi connectivity index (χ0) is 10.3. The summed E-state index contributed by atoms with van der Waals surface area (Å²) < 4.78 is 1.84. The first-order chi connectivity index (χ1) is 6.61. The number of nitro groups is 1. The van der Waals surface area contributed by atoms with Crippen LogP contribution in [-0.2, 0) is 7.05 Å². The fourth-order valence-corrected chi connectivity index (χ4v) is 1.46. The van der Waals surface area contributed by atoms with Crippen LogP contribution in [0.5, 0.6) is 0 Å². The highest BCUT2D eigenvalue weighted by Gasteiger charge is 2.15. The second-order valence-electron chi connectivity index (χ2n) is 3.12. The molecule has 5 heteroatoms. The molecule has 0 aliphatic rings. The summed E-state index contributed by atoms with van der Waals surface area (Å²) in [6, 6.07) is 4.96. The van der Waals surface area contributed by atoms with E-state index in [-0.39, 0.29) is 5.69 Å². The van der Waals surface area contributed by atoms with Crippen molar-refractivity contribution in [3.63, 3.8) is 0 Å². The number of aromatic nitrogens is 2. The smallest absolute Gasteiger partial charge is 0.297 e. The van der Waals surface area contributed by atoms with E-state index in [9.17, 15) is 10.1 Å². The molecule has 1 aromatic heterocycles. The predicted molar refractivity (Wildman–Crippen MR) is 52.1 cm³/mol. The topological polar surface area (TPSA) is 61.0 Å². The molecule has 72 valence electrons. The van der Waals surface area contributed by atoms with E-state index in [0.29, 0.717) is 5.52 Å². The van der Waals surface area contributed by atoms with Crippen molar-refractivity contribution >= 4 is 16.7 Å². The van der Waals surface area contributed by atoms with Gasteiger partial charge in [-0.1, -0.05) is 6.07 Å². The van der Waals surface area contributed by atoms with Crippen LogP contribution in [0.25, 0.3) is 11.0 Å². The molecule has 5 nitrogen and oxygen atoms in total. The number of hydrogen-bond donors (Lipinski definition) is 0. The van der Waals surface area contributed by atoms with E-state index in [4.69, 9.17) is 0 Å². The summed E-state index contributed by atoms with van der Waals surface area (Å²) in [6.07, 6.45) is 0. The molecule has 0 unspecified atom stereocenters. The number of aryl methyl sites for hydroxylation is 2. The maximum atomic E-state index is 10.7. The normalized spacial score (nSPS) is 10.7. The van der Waals surface area contributed by atoms with Crippen LogP contribution in [0.15, 0.2) is 18.2 Å². The summed E-state index contributed by atoms with van der Waals surface area (Å²) in [5.41, 5.74) is 1.31. The minimum Gasteiger partial charge on any atom is -0.331 e. The van der Waals surface area contributed by atoms with E-state index >= 15 is 0 Å². The molecule has 1 heterocycles. The largest absolute Gasteiger partial charge is 0.331 e. The molecule has 0 aliphatic heterocycles. The highest BCUT2D eigenvalue weighted by atomic mass is 16.6. The van der Waals surface area contributed by atoms with Crippen LogP contribution in [0.4, 0.5) is 5.69 Å². The van der Waals surface area contributed by atoms with Gasteiger partial charge in [0.05, 0.1) is 10.4 Å². The van der Waals surface area contributed by atoms with Crippen molar-refractivity contribution in [3.8, 4) is 0 Å². The van der Waals surface area contributed by atoms with Crippen molar-refractivity contribution < 1.29 is 4.92 Å². The first-order valence-corrected chi connectivity index (χ1v) is 4.17. The second kappa shape index (κ2) is 2.80. The SMILES string of the molecule is Cc1nc2c([N+](=O)[O-])cccc2n1C. The Bertz CT molecular complexity index is 516. The molecule has 2 aromatic rings. The number of fused-ring (bicyclic) bond motifs is 1. The maximum absolute atomic E-state index is 10.7. The molecular weight excluding hydrogens is 182 g/mol. The van der Waals surface area contributed by atoms with E-state index < -0.39 is 4.92 Å². The zero-order valence-electron chi connectivity index (χ0n) is 7.89. The molecule has 2 rings (SSSR count). The molecule has 14 heavy (non-hydrogen) atoms. The Balaban J connectivity index is 2.88. The minimum absolute atomic E-state index is 0.0613. The summed E-state index contributed by atoms with van der Waals surface area (Å²) in [7, 11) is 1.84. The standard InChI is InChI=1S/C9H9N3O2/c1-6-10-9-7(11(6)2)4-3-5-8(9)12(13)14/h3-5H,1-2H3. The number of hydrogen-bond acceptors (Lipinski definition) is 3. The lowest BCUT2D eigenvalue weighted by Gasteiger charge is -1.95. The van der Waals surface area contributed by atoms with Crippen molar-refractivity contribution in [2.45, 2.75) is 6.92 Å². The number of nitrogens with zero attached hydrogens (tertiary/aromatic N) is 3. The first kappa shape index (κ1) is 8.68. The molecule has 0 bridgehead atoms. The summed E-state index contributed by atoms with van der Waals surface area (Å²) in [5.74, 6) is 0.773. The van der Waals surface area contributed by atoms with Crippen LogP contribution in [0, 0.1) is 17.0 Å². The number of nitro benzene ring substituents is 1. The van der Waals surface area contributed by atoms with E-state index in [2.05, 4.69) is 4.98 Å². The average molecular weight is 191 g/mol. The molecule has 0 radical (unpaired) electrons. The molecule has 0 aliphatic carbocycles. The Morgan fingerprint density at radius 2 is 2.21 bits per heavy atom. The van der Waals surface area contributed by atoms with Crippen LogP contribution in [0.3, 0.4) is 0 Å². The molecule has 0 N–H and O–H groups in total. The number of para-hydroxylation sites is 1. The van der Waals surface area contributed by atoms with Gasteiger partial charge in [0.2, 0.25) is 0 Å². The van der Waals surface area contributed by atoms with Crippen molar-refractivity contribution in [1.82, 2.24) is 9.55 Å². The van der Waals surface area contributed by atoms with Crippen LogP contribution in [-0.4, -0.2) is 14.5 Å². The molecule has 0 saturated carbocycles. The lowest BCUT2D eigenvalue weighted by Crippen LogP contribution is -1.90. The van der Waals surface area contributed by atoms with Crippen molar-refractivity contribution in [3.05, 3.63) is 34.1 Å². The number of imidazole rings is 1. The van der Waals surface area contributed by atoms with Gasteiger partial charge in [0.1, 0.15) is 5.82 Å². The monoisotopic (exact) mass is 191 g/mol. The van der Waals surface area contributed by atoms with Crippen molar-refractivity contribution in [2.24, 2.45) is 7.05 Å².